The fourth-order valence-electron chi connectivity index (χ4n) is 2.31. The van der Waals surface area contributed by atoms with Gasteiger partial charge in [0.1, 0.15) is 5.75 Å². The highest BCUT2D eigenvalue weighted by Crippen LogP contribution is 2.41. The third-order valence-electron chi connectivity index (χ3n) is 3.53. The van der Waals surface area contributed by atoms with Crippen LogP contribution in [0.4, 0.5) is 23.7 Å². The zero-order valence-electron chi connectivity index (χ0n) is 12.7. The highest BCUT2D eigenvalue weighted by molar-refractivity contribution is 8.19. The molecule has 2 aromatic rings. The molecule has 2 amide bonds. The van der Waals surface area contributed by atoms with Gasteiger partial charge in [-0.3, -0.25) is 9.59 Å². The quantitative estimate of drug-likeness (QED) is 0.696. The third kappa shape index (κ3) is 3.42. The number of hydrogen-bond acceptors (Lipinski definition) is 4. The van der Waals surface area contributed by atoms with Gasteiger partial charge in [0.15, 0.2) is 0 Å². The molecule has 0 saturated carbocycles. The maximum absolute atomic E-state index is 13.0. The van der Waals surface area contributed by atoms with Gasteiger partial charge >= 0.3 is 6.18 Å². The maximum atomic E-state index is 13.0. The van der Waals surface area contributed by atoms with E-state index in [-0.39, 0.29) is 16.3 Å². The molecule has 3 rings (SSSR count). The average molecular weight is 400 g/mol. The van der Waals surface area contributed by atoms with Gasteiger partial charge in [-0.25, -0.2) is 4.90 Å². The van der Waals surface area contributed by atoms with Crippen molar-refractivity contribution in [3.05, 3.63) is 63.5 Å². The average Bonchev–Trinajstić information content (AvgIpc) is 2.83. The number of phenolic OH excluding ortho intramolecular Hbond substituents is 1. The summed E-state index contributed by atoms with van der Waals surface area (Å²) in [5.41, 5.74) is -1.06. The number of hydrogen-bond donors (Lipinski definition) is 1. The first kappa shape index (κ1) is 18.3. The van der Waals surface area contributed by atoms with Crippen LogP contribution in [0, 0.1) is 0 Å². The number of carbonyl (C=O) groups is 2. The molecule has 1 aliphatic heterocycles. The first-order chi connectivity index (χ1) is 12.2. The van der Waals surface area contributed by atoms with Gasteiger partial charge in [-0.15, -0.1) is 0 Å². The van der Waals surface area contributed by atoms with Gasteiger partial charge in [-0.1, -0.05) is 29.8 Å². The van der Waals surface area contributed by atoms with Crippen LogP contribution < -0.4 is 4.90 Å². The summed E-state index contributed by atoms with van der Waals surface area (Å²) < 4.78 is 39.0. The summed E-state index contributed by atoms with van der Waals surface area (Å²) in [6.45, 7) is 0. The molecule has 0 spiro atoms. The fourth-order valence-corrected chi connectivity index (χ4v) is 3.37. The normalized spacial score (nSPS) is 16.6. The number of amides is 2. The van der Waals surface area contributed by atoms with Crippen molar-refractivity contribution in [2.24, 2.45) is 0 Å². The van der Waals surface area contributed by atoms with E-state index in [2.05, 4.69) is 0 Å². The van der Waals surface area contributed by atoms with E-state index in [9.17, 15) is 27.9 Å². The summed E-state index contributed by atoms with van der Waals surface area (Å²) in [4.78, 5) is 25.3. The van der Waals surface area contributed by atoms with Crippen molar-refractivity contribution in [3.63, 3.8) is 0 Å². The number of rotatable bonds is 2. The Kier molecular flexibility index (Phi) is 4.72. The molecule has 1 saturated heterocycles. The van der Waals surface area contributed by atoms with Crippen LogP contribution in [0.3, 0.4) is 0 Å². The number of benzene rings is 2. The number of aromatic hydroxyl groups is 1. The van der Waals surface area contributed by atoms with E-state index < -0.39 is 27.9 Å². The summed E-state index contributed by atoms with van der Waals surface area (Å²) in [6.07, 6.45) is -3.42. The van der Waals surface area contributed by atoms with E-state index >= 15 is 0 Å². The van der Waals surface area contributed by atoms with E-state index in [0.29, 0.717) is 28.3 Å². The van der Waals surface area contributed by atoms with E-state index in [1.54, 1.807) is 12.1 Å². The lowest BCUT2D eigenvalue weighted by atomic mass is 10.1. The van der Waals surface area contributed by atoms with Crippen LogP contribution in [0.15, 0.2) is 47.4 Å². The van der Waals surface area contributed by atoms with Crippen LogP contribution >= 0.6 is 23.4 Å². The van der Waals surface area contributed by atoms with Gasteiger partial charge in [0, 0.05) is 5.56 Å². The largest absolute Gasteiger partial charge is 0.507 e. The van der Waals surface area contributed by atoms with Crippen LogP contribution in [0.2, 0.25) is 5.02 Å². The van der Waals surface area contributed by atoms with E-state index in [1.165, 1.54) is 18.2 Å². The molecule has 0 bridgehead atoms. The van der Waals surface area contributed by atoms with Crippen LogP contribution in [-0.4, -0.2) is 16.3 Å². The third-order valence-corrected chi connectivity index (χ3v) is 4.73. The number of para-hydroxylation sites is 1. The molecule has 26 heavy (non-hydrogen) atoms. The standard InChI is InChI=1S/C17H9ClF3NO3S/c18-12-6-5-10(8-11(12)17(19,20)21)22-15(24)14(26-16(22)25)7-9-3-1-2-4-13(9)23/h1-8,23H/b14-7-. The number of thioether (sulfide) groups is 1. The number of carbonyl (C=O) groups excluding carboxylic acids is 2. The van der Waals surface area contributed by atoms with Crippen molar-refractivity contribution in [2.45, 2.75) is 6.18 Å². The molecule has 0 aliphatic carbocycles. The Morgan fingerprint density at radius 1 is 1.12 bits per heavy atom. The number of nitrogens with zero attached hydrogens (tertiary/aromatic N) is 1. The minimum Gasteiger partial charge on any atom is -0.507 e. The van der Waals surface area contributed by atoms with Crippen molar-refractivity contribution in [2.75, 3.05) is 4.90 Å². The second-order valence-corrected chi connectivity index (χ2v) is 6.64. The molecule has 2 aromatic carbocycles. The van der Waals surface area contributed by atoms with Gasteiger partial charge < -0.3 is 5.11 Å². The number of halogens is 4. The lowest BCUT2D eigenvalue weighted by Gasteiger charge is -2.16. The zero-order valence-corrected chi connectivity index (χ0v) is 14.3. The molecule has 0 atom stereocenters. The first-order valence-corrected chi connectivity index (χ1v) is 8.30. The predicted molar refractivity (Wildman–Crippen MR) is 93.0 cm³/mol. The lowest BCUT2D eigenvalue weighted by Crippen LogP contribution is -2.28. The van der Waals surface area contributed by atoms with Gasteiger partial charge in [-0.05, 0) is 42.1 Å². The molecular weight excluding hydrogens is 391 g/mol. The zero-order chi connectivity index (χ0) is 19.1. The molecular formula is C17H9ClF3NO3S. The first-order valence-electron chi connectivity index (χ1n) is 7.11. The minimum atomic E-state index is -4.72. The van der Waals surface area contributed by atoms with E-state index in [0.717, 1.165) is 12.1 Å². The Labute approximate surface area is 154 Å². The van der Waals surface area contributed by atoms with Gasteiger partial charge in [0.2, 0.25) is 0 Å². The van der Waals surface area contributed by atoms with Crippen LogP contribution in [0.5, 0.6) is 5.75 Å². The van der Waals surface area contributed by atoms with Gasteiger partial charge in [0.05, 0.1) is 21.2 Å². The Balaban J connectivity index is 1.99. The minimum absolute atomic E-state index is 0.0139. The predicted octanol–water partition coefficient (Wildman–Crippen LogP) is 5.31. The molecule has 0 unspecified atom stereocenters. The molecule has 1 N–H and O–H groups in total. The van der Waals surface area contributed by atoms with Crippen molar-refractivity contribution in [1.29, 1.82) is 0 Å². The topological polar surface area (TPSA) is 57.6 Å². The molecule has 1 fully saturated rings. The van der Waals surface area contributed by atoms with E-state index in [1.807, 2.05) is 0 Å². The molecule has 1 heterocycles. The second kappa shape index (κ2) is 6.69. The maximum Gasteiger partial charge on any atom is 0.417 e. The molecule has 0 aromatic heterocycles. The molecule has 1 aliphatic rings. The van der Waals surface area contributed by atoms with E-state index in [4.69, 9.17) is 11.6 Å². The smallest absolute Gasteiger partial charge is 0.417 e. The highest BCUT2D eigenvalue weighted by Gasteiger charge is 2.39. The summed E-state index contributed by atoms with van der Waals surface area (Å²) in [5.74, 6) is -0.871. The Morgan fingerprint density at radius 2 is 1.81 bits per heavy atom. The molecule has 0 radical (unpaired) electrons. The van der Waals surface area contributed by atoms with Crippen LogP contribution in [0.25, 0.3) is 6.08 Å². The SMILES string of the molecule is O=C1S/C(=C\c2ccccc2O)C(=O)N1c1ccc(Cl)c(C(F)(F)F)c1. The number of imide groups is 1. The highest BCUT2D eigenvalue weighted by atomic mass is 35.5. The number of anilines is 1. The van der Waals surface area contributed by atoms with Crippen LogP contribution in [0.1, 0.15) is 11.1 Å². The van der Waals surface area contributed by atoms with Gasteiger partial charge in [0.25, 0.3) is 11.1 Å². The number of phenols is 1. The van der Waals surface area contributed by atoms with Crippen molar-refractivity contribution in [3.8, 4) is 5.75 Å². The monoisotopic (exact) mass is 399 g/mol. The van der Waals surface area contributed by atoms with Crippen LogP contribution in [-0.2, 0) is 11.0 Å². The lowest BCUT2D eigenvalue weighted by molar-refractivity contribution is -0.137. The van der Waals surface area contributed by atoms with Crippen molar-refractivity contribution < 1.29 is 27.9 Å². The molecule has 4 nitrogen and oxygen atoms in total. The summed E-state index contributed by atoms with van der Waals surface area (Å²) in [6, 6.07) is 8.96. The Hall–Kier alpha value is -2.45. The van der Waals surface area contributed by atoms with Crippen molar-refractivity contribution in [1.82, 2.24) is 0 Å². The number of alkyl halides is 3. The molecule has 134 valence electrons. The fraction of sp³-hybridized carbons (Fsp3) is 0.0588. The van der Waals surface area contributed by atoms with Crippen molar-refractivity contribution >= 4 is 46.3 Å². The molecule has 9 heteroatoms. The summed E-state index contributed by atoms with van der Waals surface area (Å²) in [7, 11) is 0. The summed E-state index contributed by atoms with van der Waals surface area (Å²) >= 11 is 6.13. The van der Waals surface area contributed by atoms with Gasteiger partial charge in [-0.2, -0.15) is 13.2 Å². The Bertz CT molecular complexity index is 943. The summed E-state index contributed by atoms with van der Waals surface area (Å²) in [5, 5.41) is 8.49. The Morgan fingerprint density at radius 3 is 2.46 bits per heavy atom. The second-order valence-electron chi connectivity index (χ2n) is 5.24.